The van der Waals surface area contributed by atoms with Gasteiger partial charge in [0.1, 0.15) is 11.5 Å². The molecule has 8 nitrogen and oxygen atoms in total. The number of carbonyl (C=O) groups excluding carboxylic acids is 1. The van der Waals surface area contributed by atoms with Crippen molar-refractivity contribution in [2.24, 2.45) is 0 Å². The van der Waals surface area contributed by atoms with Crippen LogP contribution in [0.5, 0.6) is 11.5 Å². The van der Waals surface area contributed by atoms with Crippen molar-refractivity contribution in [2.75, 3.05) is 25.3 Å². The number of thioether (sulfide) groups is 1. The maximum Gasteiger partial charge on any atom is 0.278 e. The van der Waals surface area contributed by atoms with Crippen LogP contribution in [0.15, 0.2) is 58.5 Å². The quantitative estimate of drug-likeness (QED) is 0.589. The van der Waals surface area contributed by atoms with Gasteiger partial charge in [-0.3, -0.25) is 14.6 Å². The molecule has 144 valence electrons. The Balaban J connectivity index is 1.64. The molecule has 0 aliphatic heterocycles. The van der Waals surface area contributed by atoms with E-state index in [1.54, 1.807) is 37.4 Å². The lowest BCUT2D eigenvalue weighted by Crippen LogP contribution is -2.17. The van der Waals surface area contributed by atoms with Crippen LogP contribution in [0.25, 0.3) is 11.3 Å². The molecule has 0 aliphatic rings. The van der Waals surface area contributed by atoms with Crippen LogP contribution >= 0.6 is 11.8 Å². The minimum Gasteiger partial charge on any atom is -0.497 e. The highest BCUT2D eigenvalue weighted by atomic mass is 32.2. The fourth-order valence-electron chi connectivity index (χ4n) is 2.39. The van der Waals surface area contributed by atoms with Crippen molar-refractivity contribution < 1.29 is 14.3 Å². The molecule has 3 aromatic rings. The summed E-state index contributed by atoms with van der Waals surface area (Å²) in [5, 5.41) is 11.0. The zero-order valence-corrected chi connectivity index (χ0v) is 16.1. The third-order valence-electron chi connectivity index (χ3n) is 3.75. The summed E-state index contributed by atoms with van der Waals surface area (Å²) in [6, 6.07) is 14.1. The van der Waals surface area contributed by atoms with E-state index in [4.69, 9.17) is 9.47 Å². The molecule has 28 heavy (non-hydrogen) atoms. The summed E-state index contributed by atoms with van der Waals surface area (Å²) in [5.74, 6) is 0.877. The molecule has 2 aromatic carbocycles. The predicted molar refractivity (Wildman–Crippen MR) is 107 cm³/mol. The first-order valence-corrected chi connectivity index (χ1v) is 9.26. The van der Waals surface area contributed by atoms with E-state index in [1.807, 2.05) is 18.2 Å². The second-order valence-electron chi connectivity index (χ2n) is 5.58. The van der Waals surface area contributed by atoms with E-state index in [0.717, 1.165) is 11.8 Å². The number of aromatic nitrogens is 3. The van der Waals surface area contributed by atoms with Crippen LogP contribution in [-0.4, -0.2) is 41.1 Å². The van der Waals surface area contributed by atoms with Gasteiger partial charge < -0.3 is 14.8 Å². The topological polar surface area (TPSA) is 106 Å². The first kappa shape index (κ1) is 19.4. The van der Waals surface area contributed by atoms with E-state index in [1.165, 1.54) is 7.11 Å². The lowest BCUT2D eigenvalue weighted by molar-refractivity contribution is -0.113. The monoisotopic (exact) mass is 398 g/mol. The number of aromatic amines is 1. The average Bonchev–Trinajstić information content (AvgIpc) is 2.73. The van der Waals surface area contributed by atoms with Gasteiger partial charge in [0.25, 0.3) is 5.56 Å². The van der Waals surface area contributed by atoms with Gasteiger partial charge in [0.15, 0.2) is 10.9 Å². The Hall–Kier alpha value is -3.33. The molecule has 0 fully saturated rings. The fourth-order valence-corrected chi connectivity index (χ4v) is 3.00. The number of benzene rings is 2. The molecule has 0 saturated carbocycles. The van der Waals surface area contributed by atoms with Crippen molar-refractivity contribution in [1.82, 2.24) is 15.2 Å². The van der Waals surface area contributed by atoms with Crippen LogP contribution < -0.4 is 20.3 Å². The van der Waals surface area contributed by atoms with E-state index in [-0.39, 0.29) is 28.1 Å². The number of nitrogens with one attached hydrogen (secondary N) is 2. The predicted octanol–water partition coefficient (Wildman–Crippen LogP) is 2.58. The van der Waals surface area contributed by atoms with Crippen LogP contribution in [0.3, 0.4) is 0 Å². The van der Waals surface area contributed by atoms with Gasteiger partial charge in [-0.25, -0.2) is 0 Å². The van der Waals surface area contributed by atoms with E-state index in [2.05, 4.69) is 20.5 Å². The van der Waals surface area contributed by atoms with Crippen molar-refractivity contribution in [2.45, 2.75) is 5.16 Å². The van der Waals surface area contributed by atoms with Gasteiger partial charge in [-0.05, 0) is 12.1 Å². The molecule has 0 atom stereocenters. The Morgan fingerprint density at radius 3 is 2.57 bits per heavy atom. The Kier molecular flexibility index (Phi) is 6.28. The number of hydrogen-bond donors (Lipinski definition) is 2. The van der Waals surface area contributed by atoms with Gasteiger partial charge in [0, 0.05) is 11.6 Å². The van der Waals surface area contributed by atoms with E-state index < -0.39 is 0 Å². The lowest BCUT2D eigenvalue weighted by atomic mass is 10.2. The summed E-state index contributed by atoms with van der Waals surface area (Å²) >= 11 is 1.08. The molecule has 0 radical (unpaired) electrons. The van der Waals surface area contributed by atoms with Gasteiger partial charge in [-0.2, -0.15) is 0 Å². The Labute approximate surface area is 165 Å². The number of methoxy groups -OCH3 is 2. The van der Waals surface area contributed by atoms with Crippen LogP contribution in [-0.2, 0) is 4.79 Å². The molecule has 3 rings (SSSR count). The molecule has 9 heteroatoms. The van der Waals surface area contributed by atoms with Gasteiger partial charge >= 0.3 is 0 Å². The van der Waals surface area contributed by atoms with Crippen molar-refractivity contribution in [3.63, 3.8) is 0 Å². The maximum atomic E-state index is 12.2. The highest BCUT2D eigenvalue weighted by Crippen LogP contribution is 2.29. The first-order chi connectivity index (χ1) is 13.6. The highest BCUT2D eigenvalue weighted by molar-refractivity contribution is 7.99. The first-order valence-electron chi connectivity index (χ1n) is 8.28. The number of rotatable bonds is 7. The van der Waals surface area contributed by atoms with Crippen molar-refractivity contribution in [3.8, 4) is 22.8 Å². The molecular formula is C19H18N4O4S. The second kappa shape index (κ2) is 9.05. The number of nitrogens with zero attached hydrogens (tertiary/aromatic N) is 2. The summed E-state index contributed by atoms with van der Waals surface area (Å²) in [6.45, 7) is 0. The molecule has 2 N–H and O–H groups in total. The number of amides is 1. The molecule has 0 aliphatic carbocycles. The third kappa shape index (κ3) is 4.68. The van der Waals surface area contributed by atoms with Gasteiger partial charge in [0.05, 0.1) is 25.7 Å². The van der Waals surface area contributed by atoms with Crippen LogP contribution in [0, 0.1) is 0 Å². The molecule has 1 aromatic heterocycles. The minimum atomic E-state index is -0.360. The van der Waals surface area contributed by atoms with E-state index in [0.29, 0.717) is 22.7 Å². The van der Waals surface area contributed by atoms with Gasteiger partial charge in [0.2, 0.25) is 5.91 Å². The van der Waals surface area contributed by atoms with E-state index in [9.17, 15) is 9.59 Å². The van der Waals surface area contributed by atoms with Crippen molar-refractivity contribution >= 4 is 23.4 Å². The number of H-pyrrole nitrogens is 1. The molecular weight excluding hydrogens is 380 g/mol. The molecule has 1 heterocycles. The van der Waals surface area contributed by atoms with Crippen molar-refractivity contribution in [1.29, 1.82) is 0 Å². The summed E-state index contributed by atoms with van der Waals surface area (Å²) in [6.07, 6.45) is 0. The maximum absolute atomic E-state index is 12.2. The van der Waals surface area contributed by atoms with Crippen molar-refractivity contribution in [3.05, 3.63) is 58.9 Å². The largest absolute Gasteiger partial charge is 0.497 e. The summed E-state index contributed by atoms with van der Waals surface area (Å²) < 4.78 is 10.4. The smallest absolute Gasteiger partial charge is 0.278 e. The van der Waals surface area contributed by atoms with Crippen LogP contribution in [0.2, 0.25) is 0 Å². The zero-order valence-electron chi connectivity index (χ0n) is 15.3. The van der Waals surface area contributed by atoms with Gasteiger partial charge in [-0.15, -0.1) is 10.2 Å². The Morgan fingerprint density at radius 2 is 1.89 bits per heavy atom. The SMILES string of the molecule is COc1ccc(NC(=O)CSc2nnc(-c3ccccc3)c(=O)[nH]2)c(OC)c1. The lowest BCUT2D eigenvalue weighted by Gasteiger charge is -2.11. The summed E-state index contributed by atoms with van der Waals surface area (Å²) in [4.78, 5) is 27.1. The number of carbonyl (C=O) groups is 1. The average molecular weight is 398 g/mol. The highest BCUT2D eigenvalue weighted by Gasteiger charge is 2.12. The second-order valence-corrected chi connectivity index (χ2v) is 6.54. The standard InChI is InChI=1S/C19H18N4O4S/c1-26-13-8-9-14(15(10-13)27-2)20-16(24)11-28-19-21-18(25)17(22-23-19)12-6-4-3-5-7-12/h3-10H,11H2,1-2H3,(H,20,24)(H,21,23,25). The Morgan fingerprint density at radius 1 is 1.11 bits per heavy atom. The third-order valence-corrected chi connectivity index (χ3v) is 4.61. The normalized spacial score (nSPS) is 10.4. The summed E-state index contributed by atoms with van der Waals surface area (Å²) in [5.41, 5.74) is 1.07. The fraction of sp³-hybridized carbons (Fsp3) is 0.158. The summed E-state index contributed by atoms with van der Waals surface area (Å²) in [7, 11) is 3.06. The number of ether oxygens (including phenoxy) is 2. The zero-order chi connectivity index (χ0) is 19.9. The molecule has 0 bridgehead atoms. The molecule has 1 amide bonds. The molecule has 0 saturated heterocycles. The molecule has 0 spiro atoms. The van der Waals surface area contributed by atoms with E-state index >= 15 is 0 Å². The van der Waals surface area contributed by atoms with Crippen LogP contribution in [0.1, 0.15) is 0 Å². The van der Waals surface area contributed by atoms with Crippen LogP contribution in [0.4, 0.5) is 5.69 Å². The number of hydrogen-bond acceptors (Lipinski definition) is 7. The Bertz CT molecular complexity index is 1020. The van der Waals surface area contributed by atoms with Gasteiger partial charge in [-0.1, -0.05) is 42.1 Å². The number of anilines is 1. The minimum absolute atomic E-state index is 0.0461. The molecule has 0 unspecified atom stereocenters.